The first-order valence-corrected chi connectivity index (χ1v) is 8.75. The molecule has 0 bridgehead atoms. The van der Waals surface area contributed by atoms with Crippen molar-refractivity contribution < 1.29 is 14.2 Å². The summed E-state index contributed by atoms with van der Waals surface area (Å²) in [6, 6.07) is 5.63. The normalized spacial score (nSPS) is 11.4. The molecule has 1 aromatic heterocycles. The molecule has 27 heavy (non-hydrogen) atoms. The highest BCUT2D eigenvalue weighted by Gasteiger charge is 2.12. The molecule has 1 heterocycles. The van der Waals surface area contributed by atoms with Crippen molar-refractivity contribution in [1.29, 1.82) is 0 Å². The van der Waals surface area contributed by atoms with Crippen LogP contribution in [0.1, 0.15) is 17.0 Å². The van der Waals surface area contributed by atoms with Crippen molar-refractivity contribution in [2.75, 3.05) is 40.3 Å². The number of aliphatic imine (C=N–C) groups is 1. The number of anilines is 1. The van der Waals surface area contributed by atoms with E-state index in [4.69, 9.17) is 14.2 Å². The van der Waals surface area contributed by atoms with Crippen LogP contribution in [-0.4, -0.2) is 50.7 Å². The molecule has 2 N–H and O–H groups in total. The van der Waals surface area contributed by atoms with Gasteiger partial charge in [-0.3, -0.25) is 9.67 Å². The van der Waals surface area contributed by atoms with E-state index in [0.29, 0.717) is 30.6 Å². The summed E-state index contributed by atoms with van der Waals surface area (Å²) in [4.78, 5) is 4.29. The molecule has 8 nitrogen and oxygen atoms in total. The summed E-state index contributed by atoms with van der Waals surface area (Å²) in [7, 11) is 6.65. The van der Waals surface area contributed by atoms with Gasteiger partial charge in [-0.05, 0) is 26.0 Å². The number of benzene rings is 1. The summed E-state index contributed by atoms with van der Waals surface area (Å²) in [5, 5.41) is 11.2. The number of hydrogen-bond acceptors (Lipinski definition) is 5. The van der Waals surface area contributed by atoms with Crippen molar-refractivity contribution in [2.24, 2.45) is 4.99 Å². The van der Waals surface area contributed by atoms with Crippen molar-refractivity contribution in [1.82, 2.24) is 15.1 Å². The van der Waals surface area contributed by atoms with Crippen LogP contribution in [0.25, 0.3) is 0 Å². The molecular weight excluding hydrogens is 346 g/mol. The lowest BCUT2D eigenvalue weighted by atomic mass is 10.2. The second-order valence-electron chi connectivity index (χ2n) is 5.99. The van der Waals surface area contributed by atoms with Gasteiger partial charge < -0.3 is 24.8 Å². The first-order chi connectivity index (χ1) is 13.0. The van der Waals surface area contributed by atoms with Gasteiger partial charge in [0.05, 0.1) is 33.1 Å². The van der Waals surface area contributed by atoms with Gasteiger partial charge in [0.15, 0.2) is 17.5 Å². The zero-order valence-electron chi connectivity index (χ0n) is 16.9. The molecule has 0 fully saturated rings. The van der Waals surface area contributed by atoms with Gasteiger partial charge in [0, 0.05) is 43.7 Å². The summed E-state index contributed by atoms with van der Waals surface area (Å²) in [6.07, 6.45) is 0. The maximum absolute atomic E-state index is 5.34. The predicted molar refractivity (Wildman–Crippen MR) is 107 cm³/mol. The lowest BCUT2D eigenvalue weighted by Crippen LogP contribution is -2.30. The van der Waals surface area contributed by atoms with Gasteiger partial charge in [0.1, 0.15) is 0 Å². The summed E-state index contributed by atoms with van der Waals surface area (Å²) in [6.45, 7) is 6.08. The Bertz CT molecular complexity index is 786. The van der Waals surface area contributed by atoms with Crippen LogP contribution in [0.5, 0.6) is 11.5 Å². The zero-order chi connectivity index (χ0) is 19.8. The molecule has 0 aliphatic carbocycles. The van der Waals surface area contributed by atoms with Crippen LogP contribution in [0.3, 0.4) is 0 Å². The van der Waals surface area contributed by atoms with Gasteiger partial charge in [-0.25, -0.2) is 0 Å². The molecule has 0 unspecified atom stereocenters. The number of aryl methyl sites for hydroxylation is 1. The summed E-state index contributed by atoms with van der Waals surface area (Å²) in [5.74, 6) is 2.00. The minimum absolute atomic E-state index is 0.623. The lowest BCUT2D eigenvalue weighted by Gasteiger charge is -2.14. The Balaban J connectivity index is 2.05. The van der Waals surface area contributed by atoms with Gasteiger partial charge >= 0.3 is 0 Å². The summed E-state index contributed by atoms with van der Waals surface area (Å²) < 4.78 is 17.7. The molecule has 2 aromatic rings. The molecule has 148 valence electrons. The van der Waals surface area contributed by atoms with Crippen molar-refractivity contribution in [3.63, 3.8) is 0 Å². The second kappa shape index (κ2) is 9.82. The van der Waals surface area contributed by atoms with Gasteiger partial charge in [-0.2, -0.15) is 5.10 Å². The molecule has 0 saturated heterocycles. The van der Waals surface area contributed by atoms with Gasteiger partial charge in [-0.15, -0.1) is 0 Å². The van der Waals surface area contributed by atoms with E-state index < -0.39 is 0 Å². The van der Waals surface area contributed by atoms with Crippen LogP contribution in [0.4, 0.5) is 5.69 Å². The standard InChI is InChI=1S/C19H29N5O3/c1-13-16(14(2)24(23-13)9-10-25-4)12-21-19(20-3)22-15-7-8-17(26-5)18(11-15)27-6/h7-8,11H,9-10,12H2,1-6H3,(H2,20,21,22). The molecule has 0 atom stereocenters. The van der Waals surface area contributed by atoms with E-state index in [9.17, 15) is 0 Å². The van der Waals surface area contributed by atoms with Gasteiger partial charge in [0.2, 0.25) is 0 Å². The summed E-state index contributed by atoms with van der Waals surface area (Å²) in [5.41, 5.74) is 4.13. The third-order valence-electron chi connectivity index (χ3n) is 4.34. The molecule has 0 saturated carbocycles. The average Bonchev–Trinajstić information content (AvgIpc) is 2.96. The van der Waals surface area contributed by atoms with Gasteiger partial charge in [0.25, 0.3) is 0 Å². The SMILES string of the molecule is CN=C(NCc1c(C)nn(CCOC)c1C)Nc1ccc(OC)c(OC)c1. The number of rotatable bonds is 8. The van der Waals surface area contributed by atoms with E-state index in [1.54, 1.807) is 28.4 Å². The Labute approximate surface area is 160 Å². The number of nitrogens with zero attached hydrogens (tertiary/aromatic N) is 3. The van der Waals surface area contributed by atoms with Crippen LogP contribution in [-0.2, 0) is 17.8 Å². The van der Waals surface area contributed by atoms with Crippen LogP contribution in [0.2, 0.25) is 0 Å². The average molecular weight is 375 g/mol. The molecule has 0 aliphatic heterocycles. The monoisotopic (exact) mass is 375 g/mol. The fourth-order valence-corrected chi connectivity index (χ4v) is 2.79. The third kappa shape index (κ3) is 5.13. The largest absolute Gasteiger partial charge is 0.493 e. The Morgan fingerprint density at radius 3 is 2.52 bits per heavy atom. The molecule has 0 radical (unpaired) electrons. The quantitative estimate of drug-likeness (QED) is 0.544. The van der Waals surface area contributed by atoms with E-state index in [1.807, 2.05) is 29.8 Å². The van der Waals surface area contributed by atoms with E-state index in [0.717, 1.165) is 29.2 Å². The Kier molecular flexibility index (Phi) is 7.48. The molecule has 0 spiro atoms. The first kappa shape index (κ1) is 20.6. The first-order valence-electron chi connectivity index (χ1n) is 8.75. The molecule has 8 heteroatoms. The second-order valence-corrected chi connectivity index (χ2v) is 5.99. The number of nitrogens with one attached hydrogen (secondary N) is 2. The Morgan fingerprint density at radius 1 is 1.15 bits per heavy atom. The van der Waals surface area contributed by atoms with Crippen LogP contribution in [0.15, 0.2) is 23.2 Å². The van der Waals surface area contributed by atoms with Crippen LogP contribution in [0, 0.1) is 13.8 Å². The molecule has 2 rings (SSSR count). The van der Waals surface area contributed by atoms with Crippen LogP contribution >= 0.6 is 0 Å². The molecule has 0 aliphatic rings. The minimum Gasteiger partial charge on any atom is -0.493 e. The van der Waals surface area contributed by atoms with E-state index in [2.05, 4.69) is 27.6 Å². The molecule has 0 amide bonds. The van der Waals surface area contributed by atoms with Crippen molar-refractivity contribution in [2.45, 2.75) is 26.9 Å². The minimum atomic E-state index is 0.623. The third-order valence-corrected chi connectivity index (χ3v) is 4.34. The Morgan fingerprint density at radius 2 is 1.89 bits per heavy atom. The fraction of sp³-hybridized carbons (Fsp3) is 0.474. The number of methoxy groups -OCH3 is 3. The lowest BCUT2D eigenvalue weighted by molar-refractivity contribution is 0.182. The molecular formula is C19H29N5O3. The van der Waals surface area contributed by atoms with Gasteiger partial charge in [-0.1, -0.05) is 0 Å². The summed E-state index contributed by atoms with van der Waals surface area (Å²) >= 11 is 0. The van der Waals surface area contributed by atoms with Crippen molar-refractivity contribution >= 4 is 11.6 Å². The number of ether oxygens (including phenoxy) is 3. The number of hydrogen-bond donors (Lipinski definition) is 2. The number of guanidine groups is 1. The van der Waals surface area contributed by atoms with E-state index in [-0.39, 0.29) is 0 Å². The smallest absolute Gasteiger partial charge is 0.195 e. The molecule has 1 aromatic carbocycles. The highest BCUT2D eigenvalue weighted by molar-refractivity contribution is 5.93. The zero-order valence-corrected chi connectivity index (χ0v) is 16.9. The maximum Gasteiger partial charge on any atom is 0.195 e. The van der Waals surface area contributed by atoms with E-state index >= 15 is 0 Å². The number of aromatic nitrogens is 2. The Hall–Kier alpha value is -2.74. The highest BCUT2D eigenvalue weighted by atomic mass is 16.5. The maximum atomic E-state index is 5.34. The van der Waals surface area contributed by atoms with Crippen molar-refractivity contribution in [3.8, 4) is 11.5 Å². The van der Waals surface area contributed by atoms with Crippen LogP contribution < -0.4 is 20.1 Å². The van der Waals surface area contributed by atoms with Crippen molar-refractivity contribution in [3.05, 3.63) is 35.2 Å². The van der Waals surface area contributed by atoms with E-state index in [1.165, 1.54) is 0 Å². The predicted octanol–water partition coefficient (Wildman–Crippen LogP) is 2.35. The topological polar surface area (TPSA) is 81.9 Å². The highest BCUT2D eigenvalue weighted by Crippen LogP contribution is 2.29. The fourth-order valence-electron chi connectivity index (χ4n) is 2.79.